The molecular weight excluding hydrogens is 595 g/mol. The first-order valence-corrected chi connectivity index (χ1v) is 15.4. The number of fused-ring (bicyclic) bond motifs is 1. The first kappa shape index (κ1) is 30.6. The maximum Gasteiger partial charge on any atom is 0.258 e. The summed E-state index contributed by atoms with van der Waals surface area (Å²) in [5.74, 6) is -0.664. The van der Waals surface area contributed by atoms with Crippen molar-refractivity contribution in [2.45, 2.75) is 31.3 Å². The lowest BCUT2D eigenvalue weighted by molar-refractivity contribution is -0.121. The number of methoxy groups -OCH3 is 1. The van der Waals surface area contributed by atoms with Gasteiger partial charge in [-0.2, -0.15) is 5.10 Å². The van der Waals surface area contributed by atoms with Crippen molar-refractivity contribution in [1.82, 2.24) is 19.6 Å². The molecule has 0 aliphatic carbocycles. The molecule has 1 fully saturated rings. The molecule has 45 heavy (non-hydrogen) atoms. The van der Waals surface area contributed by atoms with E-state index in [1.807, 2.05) is 12.1 Å². The lowest BCUT2D eigenvalue weighted by atomic mass is 9.89. The van der Waals surface area contributed by atoms with Crippen molar-refractivity contribution in [2.75, 3.05) is 51.1 Å². The number of aromatic nitrogens is 2. The van der Waals surface area contributed by atoms with Gasteiger partial charge in [0.25, 0.3) is 11.8 Å². The number of hydrogen-bond donors (Lipinski definition) is 1. The highest BCUT2D eigenvalue weighted by Gasteiger charge is 2.38. The maximum atomic E-state index is 14.7. The highest BCUT2D eigenvalue weighted by molar-refractivity contribution is 6.30. The summed E-state index contributed by atoms with van der Waals surface area (Å²) < 4.78 is 21.3. The van der Waals surface area contributed by atoms with Crippen molar-refractivity contribution in [1.29, 1.82) is 0 Å². The van der Waals surface area contributed by atoms with Gasteiger partial charge in [0.1, 0.15) is 17.5 Å². The Bertz CT molecular complexity index is 1700. The third-order valence-corrected chi connectivity index (χ3v) is 9.10. The molecule has 1 atom stereocenters. The number of halogens is 2. The van der Waals surface area contributed by atoms with Crippen LogP contribution in [-0.4, -0.2) is 78.3 Å². The summed E-state index contributed by atoms with van der Waals surface area (Å²) in [6.45, 7) is 2.17. The number of anilines is 2. The van der Waals surface area contributed by atoms with E-state index in [0.29, 0.717) is 30.4 Å². The number of nitrogens with one attached hydrogen (secondary N) is 1. The van der Waals surface area contributed by atoms with E-state index in [1.54, 1.807) is 42.3 Å². The molecule has 1 N–H and O–H groups in total. The van der Waals surface area contributed by atoms with Gasteiger partial charge in [-0.25, -0.2) is 9.07 Å². The maximum absolute atomic E-state index is 14.7. The Hall–Kier alpha value is -4.41. The Morgan fingerprint density at radius 3 is 2.42 bits per heavy atom. The minimum Gasteiger partial charge on any atom is -0.497 e. The van der Waals surface area contributed by atoms with Gasteiger partial charge in [0, 0.05) is 43.2 Å². The van der Waals surface area contributed by atoms with E-state index in [0.717, 1.165) is 42.7 Å². The summed E-state index contributed by atoms with van der Waals surface area (Å²) >= 11 is 5.98. The lowest BCUT2D eigenvalue weighted by Gasteiger charge is -2.41. The highest BCUT2D eigenvalue weighted by Crippen LogP contribution is 2.38. The van der Waals surface area contributed by atoms with Crippen molar-refractivity contribution in [3.8, 4) is 11.4 Å². The number of hydrogen-bond acceptors (Lipinski definition) is 6. The molecule has 11 heteroatoms. The van der Waals surface area contributed by atoms with Crippen LogP contribution in [0, 0.1) is 5.82 Å². The van der Waals surface area contributed by atoms with Crippen LogP contribution in [0.1, 0.15) is 40.4 Å². The minimum atomic E-state index is -0.895. The van der Waals surface area contributed by atoms with Crippen LogP contribution in [0.3, 0.4) is 0 Å². The molecule has 2 aliphatic rings. The van der Waals surface area contributed by atoms with Gasteiger partial charge in [-0.1, -0.05) is 29.8 Å². The smallest absolute Gasteiger partial charge is 0.258 e. The van der Waals surface area contributed by atoms with E-state index in [1.165, 1.54) is 29.2 Å². The predicted octanol–water partition coefficient (Wildman–Crippen LogP) is 5.58. The molecule has 1 aromatic heterocycles. The number of benzene rings is 3. The molecule has 0 radical (unpaired) electrons. The van der Waals surface area contributed by atoms with Crippen LogP contribution in [0.4, 0.5) is 15.8 Å². The molecule has 1 saturated heterocycles. The summed E-state index contributed by atoms with van der Waals surface area (Å²) in [7, 11) is 5.83. The number of ether oxygens (including phenoxy) is 1. The van der Waals surface area contributed by atoms with E-state index in [9.17, 15) is 14.0 Å². The lowest BCUT2D eigenvalue weighted by Crippen LogP contribution is -2.46. The largest absolute Gasteiger partial charge is 0.497 e. The zero-order chi connectivity index (χ0) is 31.7. The number of carbonyl (C=O) groups excluding carboxylic acids is 2. The predicted molar refractivity (Wildman–Crippen MR) is 173 cm³/mol. The average Bonchev–Trinajstić information content (AvgIpc) is 3.55. The third-order valence-electron chi connectivity index (χ3n) is 8.81. The molecule has 1 unspecified atom stereocenters. The minimum absolute atomic E-state index is 0.0412. The number of rotatable bonds is 7. The van der Waals surface area contributed by atoms with Gasteiger partial charge >= 0.3 is 0 Å². The molecular formula is C34H36ClFN6O3. The summed E-state index contributed by atoms with van der Waals surface area (Å²) in [6.07, 6.45) is 5.56. The number of amides is 2. The second kappa shape index (κ2) is 12.9. The number of nitrogens with zero attached hydrogens (tertiary/aromatic N) is 5. The Morgan fingerprint density at radius 2 is 1.71 bits per heavy atom. The monoisotopic (exact) mass is 630 g/mol. The first-order chi connectivity index (χ1) is 21.7. The van der Waals surface area contributed by atoms with Gasteiger partial charge in [0.05, 0.1) is 23.9 Å². The van der Waals surface area contributed by atoms with Crippen LogP contribution in [-0.2, 0) is 11.2 Å². The zero-order valence-electron chi connectivity index (χ0n) is 25.5. The summed E-state index contributed by atoms with van der Waals surface area (Å²) in [6, 6.07) is 17.3. The molecule has 0 saturated carbocycles. The van der Waals surface area contributed by atoms with Gasteiger partial charge in [-0.15, -0.1) is 0 Å². The Labute approximate surface area is 267 Å². The van der Waals surface area contributed by atoms with E-state index in [4.69, 9.17) is 16.3 Å². The summed E-state index contributed by atoms with van der Waals surface area (Å²) in [5.41, 5.74) is 3.94. The van der Waals surface area contributed by atoms with Crippen LogP contribution in [0.2, 0.25) is 5.02 Å². The zero-order valence-corrected chi connectivity index (χ0v) is 26.3. The van der Waals surface area contributed by atoms with Gasteiger partial charge in [-0.05, 0) is 86.9 Å². The Balaban J connectivity index is 1.34. The van der Waals surface area contributed by atoms with Gasteiger partial charge in [-0.3, -0.25) is 9.59 Å². The van der Waals surface area contributed by atoms with Gasteiger partial charge in [0.2, 0.25) is 0 Å². The summed E-state index contributed by atoms with van der Waals surface area (Å²) in [4.78, 5) is 34.5. The highest BCUT2D eigenvalue weighted by atomic mass is 35.5. The van der Waals surface area contributed by atoms with Gasteiger partial charge in [0.15, 0.2) is 5.82 Å². The van der Waals surface area contributed by atoms with E-state index < -0.39 is 11.9 Å². The van der Waals surface area contributed by atoms with Crippen molar-refractivity contribution in [3.05, 3.63) is 101 Å². The average molecular weight is 631 g/mol. The molecule has 0 bridgehead atoms. The molecule has 2 amide bonds. The van der Waals surface area contributed by atoms with Crippen LogP contribution in [0.25, 0.3) is 5.69 Å². The quantitative estimate of drug-likeness (QED) is 0.287. The number of piperidine rings is 1. The fourth-order valence-corrected chi connectivity index (χ4v) is 6.53. The topological polar surface area (TPSA) is 82.9 Å². The second-order valence-electron chi connectivity index (χ2n) is 11.6. The Kier molecular flexibility index (Phi) is 8.78. The Morgan fingerprint density at radius 1 is 1.00 bits per heavy atom. The summed E-state index contributed by atoms with van der Waals surface area (Å²) in [5, 5.41) is 7.21. The van der Waals surface area contributed by atoms with Crippen molar-refractivity contribution in [3.63, 3.8) is 0 Å². The van der Waals surface area contributed by atoms with Gasteiger partial charge < -0.3 is 24.8 Å². The molecule has 4 aromatic rings. The molecule has 2 aliphatic heterocycles. The standard InChI is InChI=1S/C34H36ClFN6O3/c1-39(2)24-14-17-40(18-15-24)29-8-4-6-27-26(29)16-19-41(32(27)33(43)38-23-10-12-25(45-3)13-11-23)34(44)22-20-37-42(21-22)30-9-5-7-28(35)31(30)36/h4-13,20-21,24,32H,14-19H2,1-3H3,(H,38,43). The van der Waals surface area contributed by atoms with Crippen molar-refractivity contribution >= 4 is 34.8 Å². The van der Waals surface area contributed by atoms with E-state index >= 15 is 0 Å². The van der Waals surface area contributed by atoms with E-state index in [-0.39, 0.29) is 28.1 Å². The van der Waals surface area contributed by atoms with Crippen molar-refractivity contribution < 1.29 is 18.7 Å². The van der Waals surface area contributed by atoms with Crippen LogP contribution < -0.4 is 15.0 Å². The fraction of sp³-hybridized carbons (Fsp3) is 0.324. The van der Waals surface area contributed by atoms with Crippen molar-refractivity contribution in [2.24, 2.45) is 0 Å². The van der Waals surface area contributed by atoms with Crippen LogP contribution in [0.5, 0.6) is 5.75 Å². The molecule has 3 heterocycles. The fourth-order valence-electron chi connectivity index (χ4n) is 6.36. The SMILES string of the molecule is COc1ccc(NC(=O)C2c3cccc(N4CCC(N(C)C)CC4)c3CCN2C(=O)c2cnn(-c3cccc(Cl)c3F)c2)cc1. The van der Waals surface area contributed by atoms with Crippen LogP contribution >= 0.6 is 11.6 Å². The molecule has 9 nitrogen and oxygen atoms in total. The normalized spacial score (nSPS) is 16.9. The molecule has 3 aromatic carbocycles. The molecule has 6 rings (SSSR count). The van der Waals surface area contributed by atoms with Crippen LogP contribution in [0.15, 0.2) is 73.1 Å². The van der Waals surface area contributed by atoms with E-state index in [2.05, 4.69) is 40.4 Å². The first-order valence-electron chi connectivity index (χ1n) is 15.0. The molecule has 0 spiro atoms. The molecule has 234 valence electrons. The number of carbonyl (C=O) groups is 2. The second-order valence-corrected chi connectivity index (χ2v) is 12.0. The third kappa shape index (κ3) is 6.12.